The highest BCUT2D eigenvalue weighted by Crippen LogP contribution is 2.25. The number of carbonyl (C=O) groups is 2. The third-order valence-electron chi connectivity index (χ3n) is 5.23. The van der Waals surface area contributed by atoms with Crippen molar-refractivity contribution in [3.63, 3.8) is 0 Å². The molecule has 1 aromatic heterocycles. The zero-order valence-electron chi connectivity index (χ0n) is 15.8. The highest BCUT2D eigenvalue weighted by atomic mass is 16.6. The highest BCUT2D eigenvalue weighted by molar-refractivity contribution is 5.90. The van der Waals surface area contributed by atoms with Gasteiger partial charge >= 0.3 is 6.09 Å². The number of hydrogen-bond acceptors (Lipinski definition) is 3. The summed E-state index contributed by atoms with van der Waals surface area (Å²) in [5.41, 5.74) is 3.37. The van der Waals surface area contributed by atoms with Crippen molar-refractivity contribution < 1.29 is 14.3 Å². The first kappa shape index (κ1) is 18.3. The van der Waals surface area contributed by atoms with E-state index in [9.17, 15) is 9.59 Å². The fourth-order valence-corrected chi connectivity index (χ4v) is 3.65. The maximum atomic E-state index is 12.9. The van der Waals surface area contributed by atoms with E-state index < -0.39 is 0 Å². The van der Waals surface area contributed by atoms with E-state index in [1.807, 2.05) is 24.1 Å². The van der Waals surface area contributed by atoms with Gasteiger partial charge < -0.3 is 19.1 Å². The van der Waals surface area contributed by atoms with E-state index in [0.717, 1.165) is 28.6 Å². The van der Waals surface area contributed by atoms with Crippen LogP contribution >= 0.6 is 0 Å². The number of carbonyl (C=O) groups excluding carboxylic acids is 2. The van der Waals surface area contributed by atoms with Crippen molar-refractivity contribution in [2.75, 3.05) is 32.8 Å². The van der Waals surface area contributed by atoms with Crippen molar-refractivity contribution in [3.8, 4) is 0 Å². The average Bonchev–Trinajstić information content (AvgIpc) is 2.83. The van der Waals surface area contributed by atoms with Crippen molar-refractivity contribution in [1.82, 2.24) is 14.4 Å². The molecule has 0 bridgehead atoms. The standard InChI is InChI=1S/C20H27N3O3/c1-4-26-20(25)23-11-7-10-22(12-13-23)19(24)14-17-15(2)21(3)18-9-6-5-8-16(17)18/h5-6,8-9H,4,7,10-14H2,1-3H3. The molecule has 3 rings (SSSR count). The molecule has 1 aromatic carbocycles. The molecule has 6 heteroatoms. The van der Waals surface area contributed by atoms with Crippen molar-refractivity contribution >= 4 is 22.9 Å². The molecule has 0 aliphatic carbocycles. The second-order valence-electron chi connectivity index (χ2n) is 6.74. The van der Waals surface area contributed by atoms with Crippen LogP contribution in [0.5, 0.6) is 0 Å². The van der Waals surface area contributed by atoms with Gasteiger partial charge in [0.2, 0.25) is 5.91 Å². The van der Waals surface area contributed by atoms with Gasteiger partial charge in [0.25, 0.3) is 0 Å². The summed E-state index contributed by atoms with van der Waals surface area (Å²) >= 11 is 0. The maximum Gasteiger partial charge on any atom is 0.409 e. The predicted molar refractivity (Wildman–Crippen MR) is 101 cm³/mol. The minimum Gasteiger partial charge on any atom is -0.450 e. The molecule has 0 saturated carbocycles. The number of rotatable bonds is 3. The molecular formula is C20H27N3O3. The molecule has 2 amide bonds. The molecule has 6 nitrogen and oxygen atoms in total. The number of benzene rings is 1. The minimum absolute atomic E-state index is 0.121. The molecule has 0 spiro atoms. The summed E-state index contributed by atoms with van der Waals surface area (Å²) < 4.78 is 7.22. The lowest BCUT2D eigenvalue weighted by Crippen LogP contribution is -2.38. The summed E-state index contributed by atoms with van der Waals surface area (Å²) in [6, 6.07) is 8.19. The molecule has 26 heavy (non-hydrogen) atoms. The van der Waals surface area contributed by atoms with E-state index in [-0.39, 0.29) is 12.0 Å². The molecule has 0 radical (unpaired) electrons. The minimum atomic E-state index is -0.285. The number of aryl methyl sites for hydroxylation is 1. The third kappa shape index (κ3) is 3.54. The van der Waals surface area contributed by atoms with Gasteiger partial charge in [-0.2, -0.15) is 0 Å². The van der Waals surface area contributed by atoms with Crippen LogP contribution in [-0.4, -0.2) is 59.2 Å². The zero-order chi connectivity index (χ0) is 18.7. The average molecular weight is 357 g/mol. The van der Waals surface area contributed by atoms with E-state index in [4.69, 9.17) is 4.74 Å². The topological polar surface area (TPSA) is 54.8 Å². The number of hydrogen-bond donors (Lipinski definition) is 0. The number of amides is 2. The zero-order valence-corrected chi connectivity index (χ0v) is 15.8. The maximum absolute atomic E-state index is 12.9. The van der Waals surface area contributed by atoms with Crippen molar-refractivity contribution in [2.45, 2.75) is 26.7 Å². The Labute approximate surface area is 154 Å². The molecule has 2 heterocycles. The van der Waals surface area contributed by atoms with Gasteiger partial charge in [0.1, 0.15) is 0 Å². The molecular weight excluding hydrogens is 330 g/mol. The van der Waals surface area contributed by atoms with Crippen molar-refractivity contribution in [2.24, 2.45) is 7.05 Å². The smallest absolute Gasteiger partial charge is 0.409 e. The summed E-state index contributed by atoms with van der Waals surface area (Å²) in [4.78, 5) is 28.4. The number of fused-ring (bicyclic) bond motifs is 1. The molecule has 0 N–H and O–H groups in total. The van der Waals surface area contributed by atoms with Gasteiger partial charge in [-0.25, -0.2) is 4.79 Å². The Balaban J connectivity index is 1.71. The van der Waals surface area contributed by atoms with Gasteiger partial charge in [-0.3, -0.25) is 4.79 Å². The Morgan fingerprint density at radius 1 is 1.08 bits per heavy atom. The SMILES string of the molecule is CCOC(=O)N1CCCN(C(=O)Cc2c(C)n(C)c3ccccc23)CC1. The fourth-order valence-electron chi connectivity index (χ4n) is 3.65. The fraction of sp³-hybridized carbons (Fsp3) is 0.500. The quantitative estimate of drug-likeness (QED) is 0.849. The Morgan fingerprint density at radius 2 is 1.77 bits per heavy atom. The van der Waals surface area contributed by atoms with E-state index in [1.165, 1.54) is 0 Å². The van der Waals surface area contributed by atoms with Crippen LogP contribution in [0.2, 0.25) is 0 Å². The molecule has 0 unspecified atom stereocenters. The molecule has 0 atom stereocenters. The molecule has 140 valence electrons. The van der Waals surface area contributed by atoms with Gasteiger partial charge in [-0.1, -0.05) is 18.2 Å². The van der Waals surface area contributed by atoms with Gasteiger partial charge in [-0.05, 0) is 31.9 Å². The number of aromatic nitrogens is 1. The van der Waals surface area contributed by atoms with E-state index in [0.29, 0.717) is 39.2 Å². The van der Waals surface area contributed by atoms with Crippen LogP contribution in [0.15, 0.2) is 24.3 Å². The first-order valence-electron chi connectivity index (χ1n) is 9.25. The summed E-state index contributed by atoms with van der Waals surface area (Å²) in [6.45, 7) is 6.64. The van der Waals surface area contributed by atoms with E-state index >= 15 is 0 Å². The Hall–Kier alpha value is -2.50. The number of para-hydroxylation sites is 1. The molecule has 1 aliphatic rings. The highest BCUT2D eigenvalue weighted by Gasteiger charge is 2.24. The van der Waals surface area contributed by atoms with Crippen LogP contribution in [0.25, 0.3) is 10.9 Å². The predicted octanol–water partition coefficient (Wildman–Crippen LogP) is 2.72. The first-order chi connectivity index (χ1) is 12.5. The van der Waals surface area contributed by atoms with Crippen LogP contribution < -0.4 is 0 Å². The van der Waals surface area contributed by atoms with Crippen molar-refractivity contribution in [3.05, 3.63) is 35.5 Å². The first-order valence-corrected chi connectivity index (χ1v) is 9.25. The largest absolute Gasteiger partial charge is 0.450 e. The van der Waals surface area contributed by atoms with Gasteiger partial charge in [0.05, 0.1) is 13.0 Å². The second kappa shape index (κ2) is 7.81. The second-order valence-corrected chi connectivity index (χ2v) is 6.74. The molecule has 1 fully saturated rings. The summed E-state index contributed by atoms with van der Waals surface area (Å²) in [6.07, 6.45) is 0.887. The normalized spacial score (nSPS) is 15.2. The summed E-state index contributed by atoms with van der Waals surface area (Å²) in [7, 11) is 2.04. The van der Waals surface area contributed by atoms with Crippen LogP contribution in [0.3, 0.4) is 0 Å². The lowest BCUT2D eigenvalue weighted by molar-refractivity contribution is -0.130. The molecule has 2 aromatic rings. The third-order valence-corrected chi connectivity index (χ3v) is 5.23. The summed E-state index contributed by atoms with van der Waals surface area (Å²) in [5.74, 6) is 0.121. The van der Waals surface area contributed by atoms with Gasteiger partial charge in [0, 0.05) is 49.8 Å². The molecule has 1 saturated heterocycles. The number of nitrogens with zero attached hydrogens (tertiary/aromatic N) is 3. The van der Waals surface area contributed by atoms with Crippen LogP contribution in [0.1, 0.15) is 24.6 Å². The molecule has 1 aliphatic heterocycles. The van der Waals surface area contributed by atoms with Crippen LogP contribution in [0, 0.1) is 6.92 Å². The van der Waals surface area contributed by atoms with E-state index in [1.54, 1.807) is 11.8 Å². The monoisotopic (exact) mass is 357 g/mol. The Morgan fingerprint density at radius 3 is 2.54 bits per heavy atom. The lowest BCUT2D eigenvalue weighted by atomic mass is 10.1. The van der Waals surface area contributed by atoms with Crippen molar-refractivity contribution in [1.29, 1.82) is 0 Å². The Kier molecular flexibility index (Phi) is 5.49. The number of ether oxygens (including phenoxy) is 1. The lowest BCUT2D eigenvalue weighted by Gasteiger charge is -2.22. The van der Waals surface area contributed by atoms with Crippen LogP contribution in [-0.2, 0) is 23.0 Å². The van der Waals surface area contributed by atoms with Gasteiger partial charge in [-0.15, -0.1) is 0 Å². The Bertz CT molecular complexity index is 812. The van der Waals surface area contributed by atoms with Gasteiger partial charge in [0.15, 0.2) is 0 Å². The van der Waals surface area contributed by atoms with Crippen LogP contribution in [0.4, 0.5) is 4.79 Å². The van der Waals surface area contributed by atoms with E-state index in [2.05, 4.69) is 23.6 Å². The summed E-state index contributed by atoms with van der Waals surface area (Å²) in [5, 5.41) is 1.14.